The van der Waals surface area contributed by atoms with E-state index in [1.165, 1.54) is 11.3 Å². The summed E-state index contributed by atoms with van der Waals surface area (Å²) in [6.07, 6.45) is 0. The summed E-state index contributed by atoms with van der Waals surface area (Å²) >= 11 is 1.38. The van der Waals surface area contributed by atoms with Gasteiger partial charge in [-0.25, -0.2) is 4.79 Å². The SMILES string of the molecule is CCOC(=O)c1cc2sc(OCCOC)nc2[nH]1.[HH]. The number of H-pyrrole nitrogens is 1. The lowest BCUT2D eigenvalue weighted by atomic mass is 10.4. The van der Waals surface area contributed by atoms with Crippen LogP contribution in [-0.2, 0) is 9.47 Å². The summed E-state index contributed by atoms with van der Waals surface area (Å²) in [5, 5.41) is 0.559. The molecular weight excluding hydrogens is 256 g/mol. The van der Waals surface area contributed by atoms with Crippen LogP contribution in [0.3, 0.4) is 0 Å². The van der Waals surface area contributed by atoms with Crippen LogP contribution in [0.4, 0.5) is 0 Å². The molecule has 0 aliphatic heterocycles. The molecule has 100 valence electrons. The average molecular weight is 272 g/mol. The van der Waals surface area contributed by atoms with Gasteiger partial charge in [0.15, 0.2) is 5.65 Å². The Morgan fingerprint density at radius 2 is 2.39 bits per heavy atom. The molecule has 2 rings (SSSR count). The van der Waals surface area contributed by atoms with Crippen molar-refractivity contribution >= 4 is 27.7 Å². The summed E-state index contributed by atoms with van der Waals surface area (Å²) in [7, 11) is 1.61. The average Bonchev–Trinajstić information content (AvgIpc) is 2.87. The van der Waals surface area contributed by atoms with Gasteiger partial charge in [0.05, 0.1) is 17.9 Å². The number of hydrogen-bond donors (Lipinski definition) is 1. The summed E-state index contributed by atoms with van der Waals surface area (Å²) in [5.74, 6) is -0.371. The van der Waals surface area contributed by atoms with Gasteiger partial charge < -0.3 is 19.2 Å². The minimum atomic E-state index is -0.371. The molecule has 6 nitrogen and oxygen atoms in total. The van der Waals surface area contributed by atoms with Crippen LogP contribution in [0, 0.1) is 0 Å². The molecule has 0 spiro atoms. The van der Waals surface area contributed by atoms with Gasteiger partial charge in [0.25, 0.3) is 5.19 Å². The van der Waals surface area contributed by atoms with Crippen molar-refractivity contribution in [3.8, 4) is 5.19 Å². The third-order valence-corrected chi connectivity index (χ3v) is 3.09. The number of nitrogens with zero attached hydrogens (tertiary/aromatic N) is 1. The Bertz CT molecular complexity index is 508. The van der Waals surface area contributed by atoms with Gasteiger partial charge >= 0.3 is 5.97 Å². The molecule has 0 fully saturated rings. The molecule has 0 bridgehead atoms. The summed E-state index contributed by atoms with van der Waals surface area (Å²) in [6.45, 7) is 3.09. The molecule has 0 saturated carbocycles. The fourth-order valence-electron chi connectivity index (χ4n) is 1.39. The van der Waals surface area contributed by atoms with E-state index in [2.05, 4.69) is 9.97 Å². The predicted octanol–water partition coefficient (Wildman–Crippen LogP) is 2.07. The van der Waals surface area contributed by atoms with Crippen molar-refractivity contribution in [2.45, 2.75) is 6.92 Å². The second kappa shape index (κ2) is 5.83. The highest BCUT2D eigenvalue weighted by atomic mass is 32.1. The molecule has 0 aromatic carbocycles. The number of aromatic nitrogens is 2. The Morgan fingerprint density at radius 1 is 1.56 bits per heavy atom. The van der Waals surface area contributed by atoms with Gasteiger partial charge in [0, 0.05) is 8.54 Å². The maximum atomic E-state index is 11.5. The summed E-state index contributed by atoms with van der Waals surface area (Å²) in [5.41, 5.74) is 1.05. The lowest BCUT2D eigenvalue weighted by Gasteiger charge is -1.99. The molecule has 0 unspecified atom stereocenters. The number of methoxy groups -OCH3 is 1. The highest BCUT2D eigenvalue weighted by molar-refractivity contribution is 7.20. The third kappa shape index (κ3) is 2.80. The van der Waals surface area contributed by atoms with Gasteiger partial charge in [-0.2, -0.15) is 4.98 Å². The summed E-state index contributed by atoms with van der Waals surface area (Å²) in [6, 6.07) is 1.72. The smallest absolute Gasteiger partial charge is 0.354 e. The van der Waals surface area contributed by atoms with Crippen LogP contribution in [0.1, 0.15) is 18.8 Å². The molecule has 0 saturated heterocycles. The number of hydrogen-bond acceptors (Lipinski definition) is 6. The molecule has 7 heteroatoms. The predicted molar refractivity (Wildman–Crippen MR) is 69.4 cm³/mol. The van der Waals surface area contributed by atoms with Crippen molar-refractivity contribution in [1.82, 2.24) is 9.97 Å². The first-order valence-electron chi connectivity index (χ1n) is 5.53. The Hall–Kier alpha value is -1.60. The number of aromatic amines is 1. The van der Waals surface area contributed by atoms with Crippen molar-refractivity contribution in [3.63, 3.8) is 0 Å². The number of ether oxygens (including phenoxy) is 3. The van der Waals surface area contributed by atoms with Crippen LogP contribution in [0.25, 0.3) is 10.3 Å². The molecule has 2 aromatic heterocycles. The number of carbonyl (C=O) groups excluding carboxylic acids is 1. The van der Waals surface area contributed by atoms with Crippen molar-refractivity contribution in [1.29, 1.82) is 0 Å². The van der Waals surface area contributed by atoms with Gasteiger partial charge in [-0.3, -0.25) is 0 Å². The Labute approximate surface area is 109 Å². The van der Waals surface area contributed by atoms with E-state index in [1.807, 2.05) is 0 Å². The molecule has 1 N–H and O–H groups in total. The minimum absolute atomic E-state index is 0. The monoisotopic (exact) mass is 272 g/mol. The van der Waals surface area contributed by atoms with Crippen LogP contribution < -0.4 is 4.74 Å². The van der Waals surface area contributed by atoms with E-state index < -0.39 is 0 Å². The van der Waals surface area contributed by atoms with Gasteiger partial charge in [-0.15, -0.1) is 0 Å². The maximum absolute atomic E-state index is 11.5. The minimum Gasteiger partial charge on any atom is -0.468 e. The first kappa shape index (κ1) is 12.8. The van der Waals surface area contributed by atoms with Crippen molar-refractivity contribution in [3.05, 3.63) is 11.8 Å². The van der Waals surface area contributed by atoms with E-state index in [-0.39, 0.29) is 7.40 Å². The lowest BCUT2D eigenvalue weighted by Crippen LogP contribution is -2.05. The van der Waals surface area contributed by atoms with Gasteiger partial charge in [0.1, 0.15) is 12.3 Å². The zero-order valence-electron chi connectivity index (χ0n) is 10.2. The van der Waals surface area contributed by atoms with Crippen LogP contribution >= 0.6 is 11.3 Å². The van der Waals surface area contributed by atoms with E-state index in [1.54, 1.807) is 20.1 Å². The number of rotatable bonds is 6. The molecule has 0 aliphatic rings. The third-order valence-electron chi connectivity index (χ3n) is 2.17. The molecule has 2 aromatic rings. The fourth-order valence-corrected chi connectivity index (χ4v) is 2.22. The van der Waals surface area contributed by atoms with Gasteiger partial charge in [-0.1, -0.05) is 11.3 Å². The Balaban J connectivity index is 0.00000180. The van der Waals surface area contributed by atoms with E-state index in [0.717, 1.165) is 4.70 Å². The Kier molecular flexibility index (Phi) is 4.16. The molecular formula is C11H16N2O4S. The number of fused-ring (bicyclic) bond motifs is 1. The molecule has 2 heterocycles. The summed E-state index contributed by atoms with van der Waals surface area (Å²) in [4.78, 5) is 18.6. The van der Waals surface area contributed by atoms with E-state index >= 15 is 0 Å². The number of thiazole rings is 1. The largest absolute Gasteiger partial charge is 0.468 e. The van der Waals surface area contributed by atoms with Crippen molar-refractivity contribution in [2.75, 3.05) is 26.9 Å². The lowest BCUT2D eigenvalue weighted by molar-refractivity contribution is 0.0520. The van der Waals surface area contributed by atoms with Crippen molar-refractivity contribution in [2.24, 2.45) is 0 Å². The van der Waals surface area contributed by atoms with Gasteiger partial charge in [-0.05, 0) is 13.0 Å². The number of carbonyl (C=O) groups is 1. The highest BCUT2D eigenvalue weighted by Crippen LogP contribution is 2.28. The first-order chi connectivity index (χ1) is 8.74. The van der Waals surface area contributed by atoms with E-state index in [4.69, 9.17) is 14.2 Å². The number of nitrogens with one attached hydrogen (secondary N) is 1. The van der Waals surface area contributed by atoms with Crippen LogP contribution in [-0.4, -0.2) is 42.9 Å². The second-order valence-corrected chi connectivity index (χ2v) is 4.43. The molecule has 18 heavy (non-hydrogen) atoms. The first-order valence-corrected chi connectivity index (χ1v) is 6.34. The molecule has 0 radical (unpaired) electrons. The molecule has 0 amide bonds. The normalized spacial score (nSPS) is 10.8. The topological polar surface area (TPSA) is 73.4 Å². The molecule has 0 aliphatic carbocycles. The van der Waals surface area contributed by atoms with Crippen LogP contribution in [0.2, 0.25) is 0 Å². The van der Waals surface area contributed by atoms with Crippen molar-refractivity contribution < 1.29 is 20.4 Å². The van der Waals surface area contributed by atoms with Crippen LogP contribution in [0.15, 0.2) is 6.07 Å². The maximum Gasteiger partial charge on any atom is 0.354 e. The number of esters is 1. The fraction of sp³-hybridized carbons (Fsp3) is 0.455. The zero-order valence-corrected chi connectivity index (χ0v) is 11.0. The second-order valence-electron chi connectivity index (χ2n) is 3.44. The molecule has 0 atom stereocenters. The van der Waals surface area contributed by atoms with Gasteiger partial charge in [0.2, 0.25) is 0 Å². The van der Waals surface area contributed by atoms with E-state index in [0.29, 0.717) is 36.4 Å². The van der Waals surface area contributed by atoms with E-state index in [9.17, 15) is 4.79 Å². The standard InChI is InChI=1S/C11H14N2O4S.H2/c1-3-16-10(14)7-6-8-9(12-7)13-11(18-8)17-5-4-15-2;/h6,12H,3-5H2,1-2H3;1H. The Morgan fingerprint density at radius 3 is 3.06 bits per heavy atom. The zero-order chi connectivity index (χ0) is 13.0. The summed E-state index contributed by atoms with van der Waals surface area (Å²) < 4.78 is 16.0. The highest BCUT2D eigenvalue weighted by Gasteiger charge is 2.14. The quantitative estimate of drug-likeness (QED) is 0.643. The van der Waals surface area contributed by atoms with Crippen LogP contribution in [0.5, 0.6) is 5.19 Å².